The molecule has 0 aliphatic rings. The number of rotatable bonds is 9. The quantitative estimate of drug-likeness (QED) is 0.448. The molecule has 0 saturated heterocycles. The summed E-state index contributed by atoms with van der Waals surface area (Å²) in [5.41, 5.74) is 1.96. The first-order valence-electron chi connectivity index (χ1n) is 9.88. The van der Waals surface area contributed by atoms with Gasteiger partial charge in [0.05, 0.1) is 10.8 Å². The number of carbonyl (C=O) groups excluding carboxylic acids is 1. The molecule has 1 atom stereocenters. The van der Waals surface area contributed by atoms with Crippen LogP contribution in [0.1, 0.15) is 38.3 Å². The van der Waals surface area contributed by atoms with Crippen molar-refractivity contribution >= 4 is 35.0 Å². The second kappa shape index (κ2) is 10.5. The lowest BCUT2D eigenvalue weighted by molar-refractivity contribution is -0.113. The van der Waals surface area contributed by atoms with E-state index in [1.807, 2.05) is 60.9 Å². The van der Waals surface area contributed by atoms with Crippen LogP contribution in [0.25, 0.3) is 0 Å². The van der Waals surface area contributed by atoms with Crippen LogP contribution in [-0.4, -0.2) is 26.4 Å². The molecule has 0 spiro atoms. The molecule has 1 unspecified atom stereocenters. The summed E-state index contributed by atoms with van der Waals surface area (Å²) >= 11 is 7.55. The van der Waals surface area contributed by atoms with E-state index in [1.54, 1.807) is 6.07 Å². The van der Waals surface area contributed by atoms with Gasteiger partial charge in [-0.1, -0.05) is 60.6 Å². The first kappa shape index (κ1) is 22.2. The Labute approximate surface area is 186 Å². The van der Waals surface area contributed by atoms with Crippen molar-refractivity contribution in [1.29, 1.82) is 0 Å². The fourth-order valence-electron chi connectivity index (χ4n) is 3.06. The molecular formula is C22H25ClN4O2S. The minimum Gasteiger partial charge on any atom is -0.481 e. The number of thioether (sulfide) groups is 1. The zero-order valence-electron chi connectivity index (χ0n) is 17.3. The molecule has 1 heterocycles. The van der Waals surface area contributed by atoms with Crippen LogP contribution in [-0.2, 0) is 17.8 Å². The van der Waals surface area contributed by atoms with Crippen LogP contribution in [0.5, 0.6) is 5.75 Å². The smallest absolute Gasteiger partial charge is 0.234 e. The molecule has 1 aromatic heterocycles. The second-order valence-electron chi connectivity index (χ2n) is 6.62. The van der Waals surface area contributed by atoms with Gasteiger partial charge in [0, 0.05) is 12.2 Å². The average Bonchev–Trinajstić information content (AvgIpc) is 3.17. The molecule has 0 saturated carbocycles. The van der Waals surface area contributed by atoms with Crippen molar-refractivity contribution in [3.8, 4) is 5.75 Å². The van der Waals surface area contributed by atoms with E-state index >= 15 is 0 Å². The number of nitrogens with one attached hydrogen (secondary N) is 1. The van der Waals surface area contributed by atoms with Gasteiger partial charge in [-0.25, -0.2) is 0 Å². The summed E-state index contributed by atoms with van der Waals surface area (Å²) < 4.78 is 7.93. The van der Waals surface area contributed by atoms with Gasteiger partial charge in [-0.15, -0.1) is 10.2 Å². The van der Waals surface area contributed by atoms with Crippen molar-refractivity contribution in [2.24, 2.45) is 0 Å². The van der Waals surface area contributed by atoms with Gasteiger partial charge in [0.25, 0.3) is 0 Å². The van der Waals surface area contributed by atoms with Crippen molar-refractivity contribution in [1.82, 2.24) is 14.8 Å². The zero-order chi connectivity index (χ0) is 21.5. The van der Waals surface area contributed by atoms with E-state index in [0.29, 0.717) is 28.3 Å². The normalized spacial score (nSPS) is 11.9. The molecule has 158 valence electrons. The summed E-state index contributed by atoms with van der Waals surface area (Å²) in [6, 6.07) is 15.2. The van der Waals surface area contributed by atoms with Crippen LogP contribution in [0.4, 0.5) is 5.69 Å². The maximum absolute atomic E-state index is 12.4. The molecular weight excluding hydrogens is 420 g/mol. The third kappa shape index (κ3) is 5.34. The van der Waals surface area contributed by atoms with Gasteiger partial charge >= 0.3 is 0 Å². The molecule has 0 aliphatic heterocycles. The van der Waals surface area contributed by atoms with Crippen molar-refractivity contribution in [3.05, 3.63) is 64.9 Å². The van der Waals surface area contributed by atoms with Gasteiger partial charge in [0.2, 0.25) is 5.91 Å². The van der Waals surface area contributed by atoms with Gasteiger partial charge in [-0.05, 0) is 44.0 Å². The van der Waals surface area contributed by atoms with E-state index in [9.17, 15) is 4.79 Å². The minimum atomic E-state index is -0.336. The number of halogens is 1. The van der Waals surface area contributed by atoms with Crippen LogP contribution in [0.15, 0.2) is 53.7 Å². The summed E-state index contributed by atoms with van der Waals surface area (Å²) in [4.78, 5) is 12.4. The van der Waals surface area contributed by atoms with Crippen LogP contribution in [0, 0.1) is 0 Å². The van der Waals surface area contributed by atoms with E-state index in [-0.39, 0.29) is 17.8 Å². The molecule has 6 nitrogen and oxygen atoms in total. The number of aryl methyl sites for hydroxylation is 1. The second-order valence-corrected chi connectivity index (χ2v) is 7.97. The molecule has 0 fully saturated rings. The highest BCUT2D eigenvalue weighted by Gasteiger charge is 2.20. The van der Waals surface area contributed by atoms with Gasteiger partial charge < -0.3 is 14.6 Å². The SMILES string of the molecule is CCc1ccccc1NC(=O)CSc1nnc(C(C)Oc2ccccc2Cl)n1CC. The first-order valence-corrected chi connectivity index (χ1v) is 11.2. The Balaban J connectivity index is 1.65. The molecule has 0 radical (unpaired) electrons. The summed E-state index contributed by atoms with van der Waals surface area (Å²) in [6.45, 7) is 6.65. The highest BCUT2D eigenvalue weighted by molar-refractivity contribution is 7.99. The summed E-state index contributed by atoms with van der Waals surface area (Å²) in [5.74, 6) is 1.46. The number of para-hydroxylation sites is 2. The Morgan fingerprint density at radius 1 is 1.17 bits per heavy atom. The fraction of sp³-hybridized carbons (Fsp3) is 0.318. The molecule has 1 N–H and O–H groups in total. The molecule has 3 aromatic rings. The van der Waals surface area contributed by atoms with Gasteiger partial charge in [0.15, 0.2) is 17.1 Å². The Morgan fingerprint density at radius 3 is 2.63 bits per heavy atom. The molecule has 8 heteroatoms. The first-order chi connectivity index (χ1) is 14.5. The van der Waals surface area contributed by atoms with Crippen LogP contribution >= 0.6 is 23.4 Å². The lowest BCUT2D eigenvalue weighted by Crippen LogP contribution is -2.16. The Morgan fingerprint density at radius 2 is 1.90 bits per heavy atom. The van der Waals surface area contributed by atoms with Crippen molar-refractivity contribution in [2.75, 3.05) is 11.1 Å². The number of nitrogens with zero attached hydrogens (tertiary/aromatic N) is 3. The lowest BCUT2D eigenvalue weighted by atomic mass is 10.1. The van der Waals surface area contributed by atoms with E-state index in [1.165, 1.54) is 11.8 Å². The molecule has 0 bridgehead atoms. The number of ether oxygens (including phenoxy) is 1. The fourth-order valence-corrected chi connectivity index (χ4v) is 4.04. The Hall–Kier alpha value is -2.51. The number of benzene rings is 2. The van der Waals surface area contributed by atoms with Gasteiger partial charge in [-0.3, -0.25) is 4.79 Å². The Bertz CT molecular complexity index is 1010. The monoisotopic (exact) mass is 444 g/mol. The number of amides is 1. The predicted molar refractivity (Wildman–Crippen MR) is 121 cm³/mol. The van der Waals surface area contributed by atoms with Crippen molar-refractivity contribution in [3.63, 3.8) is 0 Å². The van der Waals surface area contributed by atoms with Crippen LogP contribution in [0.2, 0.25) is 5.02 Å². The topological polar surface area (TPSA) is 69.0 Å². The largest absolute Gasteiger partial charge is 0.481 e. The third-order valence-electron chi connectivity index (χ3n) is 4.57. The minimum absolute atomic E-state index is 0.0755. The molecule has 3 rings (SSSR count). The third-order valence-corrected chi connectivity index (χ3v) is 5.85. The zero-order valence-corrected chi connectivity index (χ0v) is 18.8. The lowest BCUT2D eigenvalue weighted by Gasteiger charge is -2.16. The summed E-state index contributed by atoms with van der Waals surface area (Å²) in [7, 11) is 0. The predicted octanol–water partition coefficient (Wildman–Crippen LogP) is 5.38. The molecule has 2 aromatic carbocycles. The van der Waals surface area contributed by atoms with Gasteiger partial charge in [0.1, 0.15) is 5.75 Å². The number of carbonyl (C=O) groups is 1. The van der Waals surface area contributed by atoms with E-state index in [4.69, 9.17) is 16.3 Å². The average molecular weight is 445 g/mol. The Kier molecular flexibility index (Phi) is 7.76. The molecule has 1 amide bonds. The number of hydrogen-bond acceptors (Lipinski definition) is 5. The van der Waals surface area contributed by atoms with E-state index in [2.05, 4.69) is 22.4 Å². The van der Waals surface area contributed by atoms with Crippen LogP contribution in [0.3, 0.4) is 0 Å². The van der Waals surface area contributed by atoms with Crippen molar-refractivity contribution < 1.29 is 9.53 Å². The van der Waals surface area contributed by atoms with Gasteiger partial charge in [-0.2, -0.15) is 0 Å². The number of anilines is 1. The van der Waals surface area contributed by atoms with E-state index < -0.39 is 0 Å². The van der Waals surface area contributed by atoms with Crippen molar-refractivity contribution in [2.45, 2.75) is 45.0 Å². The van der Waals surface area contributed by atoms with E-state index in [0.717, 1.165) is 17.7 Å². The van der Waals surface area contributed by atoms with Crippen LogP contribution < -0.4 is 10.1 Å². The summed E-state index contributed by atoms with van der Waals surface area (Å²) in [6.07, 6.45) is 0.525. The standard InChI is InChI=1S/C22H25ClN4O2S/c1-4-16-10-6-8-12-18(16)24-20(28)14-30-22-26-25-21(27(22)5-2)15(3)29-19-13-9-7-11-17(19)23/h6-13,15H,4-5,14H2,1-3H3,(H,24,28). The highest BCUT2D eigenvalue weighted by Crippen LogP contribution is 2.29. The summed E-state index contributed by atoms with van der Waals surface area (Å²) in [5, 5.41) is 12.8. The highest BCUT2D eigenvalue weighted by atomic mass is 35.5. The molecule has 30 heavy (non-hydrogen) atoms. The maximum Gasteiger partial charge on any atom is 0.234 e. The number of hydrogen-bond donors (Lipinski definition) is 1. The molecule has 0 aliphatic carbocycles. The maximum atomic E-state index is 12.4. The number of aromatic nitrogens is 3.